The molecule has 3 rings (SSSR count). The highest BCUT2D eigenvalue weighted by Crippen LogP contribution is 2.31. The third kappa shape index (κ3) is 8.96. The van der Waals surface area contributed by atoms with Crippen LogP contribution in [-0.4, -0.2) is 35.9 Å². The smallest absolute Gasteiger partial charge is 0.261 e. The molecule has 1 N–H and O–H groups in total. The third-order valence-electron chi connectivity index (χ3n) is 6.85. The fourth-order valence-corrected chi connectivity index (χ4v) is 4.83. The number of aryl methyl sites for hydroxylation is 1. The zero-order valence-corrected chi connectivity index (χ0v) is 25.4. The van der Waals surface area contributed by atoms with E-state index < -0.39 is 6.04 Å². The van der Waals surface area contributed by atoms with Crippen LogP contribution in [0.3, 0.4) is 0 Å². The van der Waals surface area contributed by atoms with Crippen molar-refractivity contribution in [3.05, 3.63) is 99.5 Å². The van der Waals surface area contributed by atoms with Gasteiger partial charge in [0.15, 0.2) is 6.61 Å². The molecule has 3 aromatic rings. The largest absolute Gasteiger partial charge is 0.483 e. The summed E-state index contributed by atoms with van der Waals surface area (Å²) in [5.74, 6) is 0.209. The highest BCUT2D eigenvalue weighted by molar-refractivity contribution is 9.10. The number of ether oxygens (including phenoxy) is 1. The van der Waals surface area contributed by atoms with Gasteiger partial charge in [0.25, 0.3) is 5.91 Å². The molecule has 5 nitrogen and oxygen atoms in total. The summed E-state index contributed by atoms with van der Waals surface area (Å²) in [5, 5.41) is 3.06. The first kappa shape index (κ1) is 30.4. The van der Waals surface area contributed by atoms with Gasteiger partial charge < -0.3 is 15.0 Å². The van der Waals surface area contributed by atoms with Crippen molar-refractivity contribution in [2.24, 2.45) is 0 Å². The van der Waals surface area contributed by atoms with E-state index in [1.165, 1.54) is 5.56 Å². The van der Waals surface area contributed by atoms with E-state index in [1.54, 1.807) is 4.90 Å². The fraction of sp³-hybridized carbons (Fsp3) is 0.394. The monoisotopic (exact) mass is 592 g/mol. The van der Waals surface area contributed by atoms with Crippen molar-refractivity contribution in [3.63, 3.8) is 0 Å². The Morgan fingerprint density at radius 1 is 1.00 bits per heavy atom. The first-order chi connectivity index (χ1) is 18.6. The van der Waals surface area contributed by atoms with Crippen molar-refractivity contribution in [1.82, 2.24) is 10.2 Å². The van der Waals surface area contributed by atoms with E-state index in [4.69, 9.17) is 4.74 Å². The number of unbranched alkanes of at least 4 members (excludes halogenated alkanes) is 1. The second-order valence-electron chi connectivity index (χ2n) is 11.0. The number of carbonyl (C=O) groups is 2. The minimum atomic E-state index is -0.674. The third-order valence-corrected chi connectivity index (χ3v) is 7.47. The van der Waals surface area contributed by atoms with E-state index in [0.717, 1.165) is 34.0 Å². The molecule has 2 amide bonds. The predicted octanol–water partition coefficient (Wildman–Crippen LogP) is 6.99. The van der Waals surface area contributed by atoms with Gasteiger partial charge in [0.2, 0.25) is 5.91 Å². The fourth-order valence-electron chi connectivity index (χ4n) is 4.34. The Balaban J connectivity index is 1.90. The van der Waals surface area contributed by atoms with Crippen LogP contribution in [-0.2, 0) is 28.0 Å². The highest BCUT2D eigenvalue weighted by atomic mass is 79.9. The average Bonchev–Trinajstić information content (AvgIpc) is 2.91. The van der Waals surface area contributed by atoms with Crippen molar-refractivity contribution in [3.8, 4) is 5.75 Å². The molecule has 3 aromatic carbocycles. The molecule has 208 valence electrons. The first-order valence-electron chi connectivity index (χ1n) is 13.7. The molecule has 0 aromatic heterocycles. The molecule has 0 spiro atoms. The average molecular weight is 594 g/mol. The summed E-state index contributed by atoms with van der Waals surface area (Å²) >= 11 is 3.61. The van der Waals surface area contributed by atoms with E-state index in [0.29, 0.717) is 25.3 Å². The van der Waals surface area contributed by atoms with Crippen LogP contribution >= 0.6 is 15.9 Å². The molecule has 0 unspecified atom stereocenters. The summed E-state index contributed by atoms with van der Waals surface area (Å²) < 4.78 is 6.82. The van der Waals surface area contributed by atoms with E-state index in [2.05, 4.69) is 48.9 Å². The molecule has 0 saturated heterocycles. The molecular weight excluding hydrogens is 552 g/mol. The lowest BCUT2D eigenvalue weighted by Gasteiger charge is -2.32. The second kappa shape index (κ2) is 14.3. The number of amides is 2. The van der Waals surface area contributed by atoms with E-state index in [-0.39, 0.29) is 23.8 Å². The summed E-state index contributed by atoms with van der Waals surface area (Å²) in [5.41, 5.74) is 4.23. The summed E-state index contributed by atoms with van der Waals surface area (Å²) in [4.78, 5) is 29.1. The number of rotatable bonds is 12. The van der Waals surface area contributed by atoms with Gasteiger partial charge in [-0.3, -0.25) is 9.59 Å². The Morgan fingerprint density at radius 3 is 2.33 bits per heavy atom. The lowest BCUT2D eigenvalue weighted by atomic mass is 9.87. The Kier molecular flexibility index (Phi) is 11.2. The number of halogens is 1. The Morgan fingerprint density at radius 2 is 1.69 bits per heavy atom. The molecule has 1 atom stereocenters. The molecule has 6 heteroatoms. The molecule has 0 heterocycles. The number of nitrogens with zero attached hydrogens (tertiary/aromatic N) is 1. The molecule has 0 aliphatic heterocycles. The number of hydrogen-bond acceptors (Lipinski definition) is 3. The van der Waals surface area contributed by atoms with Gasteiger partial charge in [0.05, 0.1) is 4.47 Å². The van der Waals surface area contributed by atoms with Gasteiger partial charge in [-0.05, 0) is 69.1 Å². The van der Waals surface area contributed by atoms with E-state index >= 15 is 0 Å². The van der Waals surface area contributed by atoms with Gasteiger partial charge >= 0.3 is 0 Å². The van der Waals surface area contributed by atoms with E-state index in [1.807, 2.05) is 79.7 Å². The van der Waals surface area contributed by atoms with Crippen LogP contribution in [0.4, 0.5) is 0 Å². The maximum atomic E-state index is 13.8. The molecule has 39 heavy (non-hydrogen) atoms. The molecule has 0 radical (unpaired) electrons. The van der Waals surface area contributed by atoms with Gasteiger partial charge in [-0.1, -0.05) is 94.8 Å². The quantitative estimate of drug-likeness (QED) is 0.230. The lowest BCUT2D eigenvalue weighted by molar-refractivity contribution is -0.142. The van der Waals surface area contributed by atoms with Gasteiger partial charge in [-0.25, -0.2) is 0 Å². The first-order valence-corrected chi connectivity index (χ1v) is 14.5. The molecule has 0 aliphatic carbocycles. The van der Waals surface area contributed by atoms with Gasteiger partial charge in [0.1, 0.15) is 11.8 Å². The normalized spacial score (nSPS) is 12.1. The summed E-state index contributed by atoms with van der Waals surface area (Å²) in [6, 6.07) is 23.1. The molecule has 0 fully saturated rings. The minimum Gasteiger partial charge on any atom is -0.483 e. The van der Waals surface area contributed by atoms with Crippen LogP contribution in [0.25, 0.3) is 0 Å². The van der Waals surface area contributed by atoms with Gasteiger partial charge in [-0.15, -0.1) is 0 Å². The highest BCUT2D eigenvalue weighted by Gasteiger charge is 2.31. The van der Waals surface area contributed by atoms with Gasteiger partial charge in [-0.2, -0.15) is 0 Å². The Hall–Kier alpha value is -3.12. The van der Waals surface area contributed by atoms with Crippen LogP contribution in [0.15, 0.2) is 77.3 Å². The van der Waals surface area contributed by atoms with Crippen LogP contribution in [0.1, 0.15) is 62.8 Å². The molecule has 0 aliphatic rings. The molecule has 0 bridgehead atoms. The van der Waals surface area contributed by atoms with Crippen LogP contribution < -0.4 is 10.1 Å². The molecule has 0 saturated carbocycles. The summed E-state index contributed by atoms with van der Waals surface area (Å²) in [6.07, 6.45) is 2.28. The van der Waals surface area contributed by atoms with Crippen LogP contribution in [0.5, 0.6) is 5.75 Å². The Bertz CT molecular complexity index is 1240. The lowest BCUT2D eigenvalue weighted by Crippen LogP contribution is -2.52. The molecular formula is C33H41BrN2O3. The van der Waals surface area contributed by atoms with Gasteiger partial charge in [0, 0.05) is 19.5 Å². The van der Waals surface area contributed by atoms with Crippen molar-refractivity contribution in [1.29, 1.82) is 0 Å². The number of benzene rings is 3. The van der Waals surface area contributed by atoms with Crippen LogP contribution in [0, 0.1) is 6.92 Å². The number of hydrogen-bond donors (Lipinski definition) is 1. The minimum absolute atomic E-state index is 0.00297. The van der Waals surface area contributed by atoms with Crippen molar-refractivity contribution >= 4 is 27.7 Å². The summed E-state index contributed by atoms with van der Waals surface area (Å²) in [6.45, 7) is 11.3. The number of nitrogens with one attached hydrogen (secondary N) is 1. The zero-order chi connectivity index (χ0) is 28.4. The van der Waals surface area contributed by atoms with Crippen molar-refractivity contribution < 1.29 is 14.3 Å². The van der Waals surface area contributed by atoms with Crippen molar-refractivity contribution in [2.45, 2.75) is 71.9 Å². The SMILES string of the molecule is CCCCNC(=O)[C@H](Cc1ccccc1)N(Cc1ccccc1C)C(=O)COc1ccc(C(C)(C)C)cc1Br. The maximum Gasteiger partial charge on any atom is 0.261 e. The summed E-state index contributed by atoms with van der Waals surface area (Å²) in [7, 11) is 0. The second-order valence-corrected chi connectivity index (χ2v) is 11.8. The predicted molar refractivity (Wildman–Crippen MR) is 162 cm³/mol. The maximum absolute atomic E-state index is 13.8. The van der Waals surface area contributed by atoms with Crippen LogP contribution in [0.2, 0.25) is 0 Å². The standard InChI is InChI=1S/C33H41BrN2O3/c1-6-7-19-35-32(38)29(20-25-14-9-8-10-15-25)36(22-26-16-12-11-13-24(26)2)31(37)23-39-30-18-17-27(21-28(30)34)33(3,4)5/h8-18,21,29H,6-7,19-20,22-23H2,1-5H3,(H,35,38)/t29-/m0/s1. The topological polar surface area (TPSA) is 58.6 Å². The number of carbonyl (C=O) groups excluding carboxylic acids is 2. The van der Waals surface area contributed by atoms with Crippen molar-refractivity contribution in [2.75, 3.05) is 13.2 Å². The van der Waals surface area contributed by atoms with E-state index in [9.17, 15) is 9.59 Å². The Labute approximate surface area is 242 Å². The zero-order valence-electron chi connectivity index (χ0n) is 23.8.